The molecule has 0 aliphatic rings. The lowest BCUT2D eigenvalue weighted by atomic mass is 10.2. The van der Waals surface area contributed by atoms with Gasteiger partial charge in [-0.3, -0.25) is 0 Å². The van der Waals surface area contributed by atoms with E-state index in [9.17, 15) is 8.42 Å². The average Bonchev–Trinajstić information content (AvgIpc) is 2.52. The van der Waals surface area contributed by atoms with Crippen molar-refractivity contribution in [2.24, 2.45) is 4.40 Å². The van der Waals surface area contributed by atoms with Crippen LogP contribution < -0.4 is 4.74 Å². The zero-order chi connectivity index (χ0) is 16.0. The van der Waals surface area contributed by atoms with Gasteiger partial charge in [0.15, 0.2) is 0 Å². The van der Waals surface area contributed by atoms with Crippen molar-refractivity contribution in [3.05, 3.63) is 65.7 Å². The summed E-state index contributed by atoms with van der Waals surface area (Å²) in [4.78, 5) is 0.187. The normalized spacial score (nSPS) is 12.1. The zero-order valence-electron chi connectivity index (χ0n) is 12.4. The summed E-state index contributed by atoms with van der Waals surface area (Å²) >= 11 is 0. The molecule has 0 heterocycles. The molecule has 0 fully saturated rings. The average molecular weight is 315 g/mol. The third-order valence-corrected chi connectivity index (χ3v) is 4.28. The number of rotatable bonds is 5. The summed E-state index contributed by atoms with van der Waals surface area (Å²) in [6, 6.07) is 14.0. The molecule has 0 N–H and O–H groups in total. The predicted octanol–water partition coefficient (Wildman–Crippen LogP) is 3.48. The van der Waals surface area contributed by atoms with Crippen LogP contribution in [0, 0.1) is 6.92 Å². The Hall–Kier alpha value is -2.40. The molecule has 2 rings (SSSR count). The summed E-state index contributed by atoms with van der Waals surface area (Å²) < 4.78 is 32.7. The summed E-state index contributed by atoms with van der Waals surface area (Å²) in [6.45, 7) is 1.90. The van der Waals surface area contributed by atoms with Crippen LogP contribution in [0.5, 0.6) is 5.75 Å². The van der Waals surface area contributed by atoms with Crippen LogP contribution >= 0.6 is 0 Å². The SMILES string of the molecule is COc1ccc(C=CC=NS(=O)(=O)c2ccc(C)cc2)cc1. The summed E-state index contributed by atoms with van der Waals surface area (Å²) in [5.74, 6) is 0.771. The van der Waals surface area contributed by atoms with E-state index in [0.29, 0.717) is 0 Å². The molecule has 2 aromatic carbocycles. The molecule has 2 aromatic rings. The number of ether oxygens (including phenoxy) is 1. The van der Waals surface area contributed by atoms with Crippen molar-refractivity contribution in [3.63, 3.8) is 0 Å². The van der Waals surface area contributed by atoms with Crippen molar-refractivity contribution in [1.29, 1.82) is 0 Å². The van der Waals surface area contributed by atoms with Gasteiger partial charge < -0.3 is 4.74 Å². The Balaban J connectivity index is 2.07. The van der Waals surface area contributed by atoms with E-state index in [0.717, 1.165) is 16.9 Å². The largest absolute Gasteiger partial charge is 0.497 e. The Kier molecular flexibility index (Phi) is 5.12. The van der Waals surface area contributed by atoms with Crippen LogP contribution in [-0.4, -0.2) is 21.7 Å². The summed E-state index contributed by atoms with van der Waals surface area (Å²) in [6.07, 6.45) is 4.64. The highest BCUT2D eigenvalue weighted by Crippen LogP contribution is 2.13. The van der Waals surface area contributed by atoms with Crippen LogP contribution in [0.3, 0.4) is 0 Å². The molecule has 4 nitrogen and oxygen atoms in total. The number of benzene rings is 2. The number of methoxy groups -OCH3 is 1. The number of sulfonamides is 1. The minimum atomic E-state index is -3.64. The van der Waals surface area contributed by atoms with Gasteiger partial charge in [-0.05, 0) is 42.8 Å². The maximum atomic E-state index is 12.0. The topological polar surface area (TPSA) is 55.7 Å². The molecule has 0 atom stereocenters. The van der Waals surface area contributed by atoms with Crippen molar-refractivity contribution in [2.75, 3.05) is 7.11 Å². The van der Waals surface area contributed by atoms with Crippen molar-refractivity contribution in [2.45, 2.75) is 11.8 Å². The molecule has 0 aromatic heterocycles. The quantitative estimate of drug-likeness (QED) is 0.794. The van der Waals surface area contributed by atoms with Crippen LogP contribution in [0.15, 0.2) is 63.9 Å². The van der Waals surface area contributed by atoms with Gasteiger partial charge in [-0.15, -0.1) is 0 Å². The van der Waals surface area contributed by atoms with E-state index in [1.54, 1.807) is 43.5 Å². The lowest BCUT2D eigenvalue weighted by Gasteiger charge is -1.99. The van der Waals surface area contributed by atoms with E-state index in [2.05, 4.69) is 4.40 Å². The number of allylic oxidation sites excluding steroid dienone is 1. The van der Waals surface area contributed by atoms with Gasteiger partial charge in [0, 0.05) is 6.21 Å². The summed E-state index contributed by atoms with van der Waals surface area (Å²) in [5, 5.41) is 0. The lowest BCUT2D eigenvalue weighted by Crippen LogP contribution is -1.96. The first-order chi connectivity index (χ1) is 10.5. The second kappa shape index (κ2) is 7.04. The van der Waals surface area contributed by atoms with E-state index in [1.807, 2.05) is 31.2 Å². The van der Waals surface area contributed by atoms with E-state index in [1.165, 1.54) is 6.21 Å². The van der Waals surface area contributed by atoms with Crippen LogP contribution in [0.4, 0.5) is 0 Å². The molecule has 22 heavy (non-hydrogen) atoms. The highest BCUT2D eigenvalue weighted by Gasteiger charge is 2.09. The molecule has 0 amide bonds. The van der Waals surface area contributed by atoms with E-state index in [-0.39, 0.29) is 4.90 Å². The first-order valence-corrected chi connectivity index (χ1v) is 8.13. The Bertz CT molecular complexity index is 774. The second-order valence-corrected chi connectivity index (χ2v) is 6.31. The van der Waals surface area contributed by atoms with Crippen LogP contribution in [0.2, 0.25) is 0 Å². The van der Waals surface area contributed by atoms with Gasteiger partial charge in [-0.2, -0.15) is 12.8 Å². The van der Waals surface area contributed by atoms with Crippen molar-refractivity contribution < 1.29 is 13.2 Å². The highest BCUT2D eigenvalue weighted by atomic mass is 32.2. The summed E-state index contributed by atoms with van der Waals surface area (Å²) in [5.41, 5.74) is 1.93. The molecule has 0 unspecified atom stereocenters. The molecule has 114 valence electrons. The third-order valence-electron chi connectivity index (χ3n) is 3.01. The van der Waals surface area contributed by atoms with Crippen molar-refractivity contribution in [3.8, 4) is 5.75 Å². The minimum absolute atomic E-state index is 0.187. The van der Waals surface area contributed by atoms with Gasteiger partial charge in [0.2, 0.25) is 0 Å². The molecule has 0 aliphatic heterocycles. The third kappa shape index (κ3) is 4.30. The van der Waals surface area contributed by atoms with Crippen LogP contribution in [0.1, 0.15) is 11.1 Å². The Labute approximate surface area is 130 Å². The maximum absolute atomic E-state index is 12.0. The number of hydrogen-bond acceptors (Lipinski definition) is 3. The molecule has 0 radical (unpaired) electrons. The molecule has 0 saturated carbocycles. The van der Waals surface area contributed by atoms with Gasteiger partial charge in [0.25, 0.3) is 10.0 Å². The fraction of sp³-hybridized carbons (Fsp3) is 0.118. The first kappa shape index (κ1) is 16.0. The zero-order valence-corrected chi connectivity index (χ0v) is 13.2. The summed E-state index contributed by atoms with van der Waals surface area (Å²) in [7, 11) is -2.04. The minimum Gasteiger partial charge on any atom is -0.497 e. The van der Waals surface area contributed by atoms with Crippen LogP contribution in [-0.2, 0) is 10.0 Å². The molecule has 5 heteroatoms. The Morgan fingerprint density at radius 1 is 1.00 bits per heavy atom. The lowest BCUT2D eigenvalue weighted by molar-refractivity contribution is 0.415. The molecular weight excluding hydrogens is 298 g/mol. The smallest absolute Gasteiger partial charge is 0.282 e. The fourth-order valence-electron chi connectivity index (χ4n) is 1.76. The number of nitrogens with zero attached hydrogens (tertiary/aromatic N) is 1. The van der Waals surface area contributed by atoms with E-state index < -0.39 is 10.0 Å². The highest BCUT2D eigenvalue weighted by molar-refractivity contribution is 7.90. The molecular formula is C17H17NO3S. The standard InChI is InChI=1S/C17H17NO3S/c1-14-5-11-17(12-6-14)22(19,20)18-13-3-4-15-7-9-16(21-2)10-8-15/h3-13H,1-2H3. The number of aryl methyl sites for hydroxylation is 1. The molecule has 0 saturated heterocycles. The first-order valence-electron chi connectivity index (χ1n) is 6.69. The monoisotopic (exact) mass is 315 g/mol. The molecule has 0 spiro atoms. The van der Waals surface area contributed by atoms with Gasteiger partial charge >= 0.3 is 0 Å². The van der Waals surface area contributed by atoms with Gasteiger partial charge in [-0.25, -0.2) is 0 Å². The van der Waals surface area contributed by atoms with Crippen molar-refractivity contribution in [1.82, 2.24) is 0 Å². The Morgan fingerprint density at radius 3 is 2.23 bits per heavy atom. The maximum Gasteiger partial charge on any atom is 0.282 e. The fourth-order valence-corrected chi connectivity index (χ4v) is 2.59. The molecule has 0 aliphatic carbocycles. The molecule has 0 bridgehead atoms. The van der Waals surface area contributed by atoms with Gasteiger partial charge in [0.1, 0.15) is 5.75 Å². The van der Waals surface area contributed by atoms with Crippen LogP contribution in [0.25, 0.3) is 6.08 Å². The van der Waals surface area contributed by atoms with E-state index >= 15 is 0 Å². The van der Waals surface area contributed by atoms with Gasteiger partial charge in [-0.1, -0.05) is 35.9 Å². The second-order valence-electron chi connectivity index (χ2n) is 4.67. The van der Waals surface area contributed by atoms with Crippen molar-refractivity contribution >= 4 is 22.3 Å². The predicted molar refractivity (Wildman–Crippen MR) is 88.9 cm³/mol. The van der Waals surface area contributed by atoms with Gasteiger partial charge in [0.05, 0.1) is 12.0 Å². The van der Waals surface area contributed by atoms with E-state index in [4.69, 9.17) is 4.74 Å². The number of hydrogen-bond donors (Lipinski definition) is 0. The Morgan fingerprint density at radius 2 is 1.64 bits per heavy atom.